The topological polar surface area (TPSA) is 123 Å². The molecule has 1 aromatic carbocycles. The Kier molecular flexibility index (Phi) is 4.88. The molecule has 1 fully saturated rings. The van der Waals surface area contributed by atoms with Crippen LogP contribution in [0.5, 0.6) is 0 Å². The van der Waals surface area contributed by atoms with Gasteiger partial charge in [-0.3, -0.25) is 9.78 Å². The molecule has 0 radical (unpaired) electrons. The molecule has 0 spiro atoms. The van der Waals surface area contributed by atoms with Crippen LogP contribution in [0.25, 0.3) is 11.2 Å². The molecule has 0 amide bonds. The molecule has 3 aromatic rings. The third-order valence-corrected chi connectivity index (χ3v) is 4.94. The van der Waals surface area contributed by atoms with Crippen molar-refractivity contribution >= 4 is 22.8 Å². The maximum absolute atomic E-state index is 14.5. The fraction of sp³-hybridized carbons (Fsp3) is 0.412. The van der Waals surface area contributed by atoms with Crippen molar-refractivity contribution in [2.75, 3.05) is 42.6 Å². The van der Waals surface area contributed by atoms with Crippen LogP contribution in [-0.4, -0.2) is 68.0 Å². The van der Waals surface area contributed by atoms with Gasteiger partial charge in [-0.15, -0.1) is 5.10 Å². The molecule has 3 heterocycles. The van der Waals surface area contributed by atoms with Crippen LogP contribution in [0.1, 0.15) is 11.7 Å². The number of hydrogen-bond donors (Lipinski definition) is 3. The van der Waals surface area contributed by atoms with Gasteiger partial charge in [0, 0.05) is 33.2 Å². The number of benzene rings is 1. The third kappa shape index (κ3) is 3.40. The molecule has 29 heavy (non-hydrogen) atoms. The highest BCUT2D eigenvalue weighted by Gasteiger charge is 2.25. The van der Waals surface area contributed by atoms with E-state index in [0.29, 0.717) is 37.8 Å². The molecule has 154 valence electrons. The van der Waals surface area contributed by atoms with E-state index in [9.17, 15) is 18.7 Å². The number of fused-ring (bicyclic) bond motifs is 1. The van der Waals surface area contributed by atoms with E-state index < -0.39 is 29.9 Å². The average Bonchev–Trinajstić information content (AvgIpc) is 3.08. The van der Waals surface area contributed by atoms with Crippen LogP contribution in [0.15, 0.2) is 16.9 Å². The summed E-state index contributed by atoms with van der Waals surface area (Å²) in [6.07, 6.45) is -1.34. The lowest BCUT2D eigenvalue weighted by Gasteiger charge is -2.36. The molecular formula is C17H19F2N7O3. The van der Waals surface area contributed by atoms with Crippen LogP contribution < -0.4 is 15.4 Å². The van der Waals surface area contributed by atoms with Crippen LogP contribution in [0.4, 0.5) is 20.4 Å². The highest BCUT2D eigenvalue weighted by atomic mass is 19.1. The van der Waals surface area contributed by atoms with Gasteiger partial charge < -0.3 is 20.0 Å². The minimum absolute atomic E-state index is 0.0234. The summed E-state index contributed by atoms with van der Waals surface area (Å²) in [7, 11) is 1.63. The molecule has 12 heteroatoms. The number of nitrogens with zero attached hydrogens (tertiary/aromatic N) is 6. The Morgan fingerprint density at radius 3 is 2.41 bits per heavy atom. The third-order valence-electron chi connectivity index (χ3n) is 4.94. The van der Waals surface area contributed by atoms with Gasteiger partial charge >= 0.3 is 0 Å². The second kappa shape index (κ2) is 7.37. The van der Waals surface area contributed by atoms with Crippen molar-refractivity contribution in [3.63, 3.8) is 0 Å². The summed E-state index contributed by atoms with van der Waals surface area (Å²) in [5.74, 6) is -1.28. The maximum Gasteiger partial charge on any atom is 0.282 e. The van der Waals surface area contributed by atoms with Crippen molar-refractivity contribution in [3.8, 4) is 0 Å². The summed E-state index contributed by atoms with van der Waals surface area (Å²) >= 11 is 0. The Hall–Kier alpha value is -3.12. The Morgan fingerprint density at radius 2 is 1.79 bits per heavy atom. The van der Waals surface area contributed by atoms with Gasteiger partial charge in [0.05, 0.1) is 6.61 Å². The molecule has 1 aliphatic rings. The molecule has 2 aromatic heterocycles. The lowest BCUT2D eigenvalue weighted by Crippen LogP contribution is -2.48. The van der Waals surface area contributed by atoms with Crippen LogP contribution in [0.3, 0.4) is 0 Å². The molecule has 1 saturated heterocycles. The number of aromatic amines is 1. The molecule has 1 atom stereocenters. The zero-order valence-electron chi connectivity index (χ0n) is 15.5. The number of anilines is 2. The van der Waals surface area contributed by atoms with Crippen molar-refractivity contribution in [1.82, 2.24) is 25.0 Å². The van der Waals surface area contributed by atoms with E-state index in [1.165, 1.54) is 4.68 Å². The van der Waals surface area contributed by atoms with Crippen molar-refractivity contribution in [2.24, 2.45) is 7.05 Å². The van der Waals surface area contributed by atoms with Crippen LogP contribution >= 0.6 is 0 Å². The Bertz CT molecular complexity index is 1090. The Labute approximate surface area is 163 Å². The molecule has 1 aliphatic heterocycles. The number of aliphatic hydroxyl groups is 2. The predicted molar refractivity (Wildman–Crippen MR) is 99.8 cm³/mol. The minimum atomic E-state index is -1.34. The molecule has 0 saturated carbocycles. The molecule has 3 N–H and O–H groups in total. The zero-order valence-corrected chi connectivity index (χ0v) is 15.5. The highest BCUT2D eigenvalue weighted by molar-refractivity contribution is 5.69. The van der Waals surface area contributed by atoms with Crippen LogP contribution in [0.2, 0.25) is 0 Å². The van der Waals surface area contributed by atoms with E-state index in [1.807, 2.05) is 4.90 Å². The monoisotopic (exact) mass is 407 g/mol. The molecule has 4 rings (SSSR count). The molecular weight excluding hydrogens is 388 g/mol. The van der Waals surface area contributed by atoms with E-state index in [4.69, 9.17) is 5.11 Å². The molecule has 0 bridgehead atoms. The first-order chi connectivity index (χ1) is 13.9. The number of halogens is 2. The van der Waals surface area contributed by atoms with Crippen molar-refractivity contribution in [3.05, 3.63) is 39.7 Å². The van der Waals surface area contributed by atoms with Gasteiger partial charge in [-0.1, -0.05) is 5.21 Å². The highest BCUT2D eigenvalue weighted by Crippen LogP contribution is 2.28. The number of aliphatic hydroxyl groups excluding tert-OH is 2. The summed E-state index contributed by atoms with van der Waals surface area (Å²) in [6, 6.07) is 2.04. The van der Waals surface area contributed by atoms with Crippen molar-refractivity contribution < 1.29 is 19.0 Å². The first-order valence-electron chi connectivity index (χ1n) is 8.96. The second-order valence-electron chi connectivity index (χ2n) is 6.78. The largest absolute Gasteiger partial charge is 0.393 e. The molecule has 1 unspecified atom stereocenters. The average molecular weight is 407 g/mol. The van der Waals surface area contributed by atoms with Gasteiger partial charge in [-0.25, -0.2) is 13.5 Å². The fourth-order valence-corrected chi connectivity index (χ4v) is 3.39. The fourth-order valence-electron chi connectivity index (χ4n) is 3.39. The quantitative estimate of drug-likeness (QED) is 0.538. The normalized spacial score (nSPS) is 15.9. The number of aryl methyl sites for hydroxylation is 1. The summed E-state index contributed by atoms with van der Waals surface area (Å²) in [5.41, 5.74) is -0.128. The molecule has 10 nitrogen and oxygen atoms in total. The number of hydrogen-bond acceptors (Lipinski definition) is 8. The zero-order chi connectivity index (χ0) is 20.7. The SMILES string of the molecule is Cn1nnc2c(=O)[nH]c(N3CCN(c4c(F)cc(C(O)CO)cc4F)CC3)nc21. The number of H-pyrrole nitrogens is 1. The van der Waals surface area contributed by atoms with Crippen molar-refractivity contribution in [2.45, 2.75) is 6.10 Å². The summed E-state index contributed by atoms with van der Waals surface area (Å²) in [6.45, 7) is 0.708. The smallest absolute Gasteiger partial charge is 0.282 e. The van der Waals surface area contributed by atoms with Gasteiger partial charge in [0.1, 0.15) is 23.4 Å². The van der Waals surface area contributed by atoms with Crippen molar-refractivity contribution in [1.29, 1.82) is 0 Å². The van der Waals surface area contributed by atoms with Gasteiger partial charge in [0.25, 0.3) is 5.56 Å². The van der Waals surface area contributed by atoms with Crippen LogP contribution in [0, 0.1) is 11.6 Å². The minimum Gasteiger partial charge on any atom is -0.393 e. The maximum atomic E-state index is 14.5. The van der Waals surface area contributed by atoms with Gasteiger partial charge in [-0.2, -0.15) is 4.98 Å². The first-order valence-corrected chi connectivity index (χ1v) is 8.96. The number of rotatable bonds is 4. The molecule has 0 aliphatic carbocycles. The standard InChI is InChI=1S/C17H19F2N7O3/c1-24-15-13(22-23-24)16(29)21-17(20-15)26-4-2-25(3-5-26)14-10(18)6-9(7-11(14)19)12(28)8-27/h6-7,12,27-28H,2-5,8H2,1H3,(H,20,21,29). The lowest BCUT2D eigenvalue weighted by atomic mass is 10.1. The summed E-state index contributed by atoms with van der Waals surface area (Å²) in [5, 5.41) is 26.1. The summed E-state index contributed by atoms with van der Waals surface area (Å²) < 4.78 is 30.4. The first kappa shape index (κ1) is 19.2. The number of aromatic nitrogens is 5. The Morgan fingerprint density at radius 1 is 1.17 bits per heavy atom. The van der Waals surface area contributed by atoms with E-state index in [2.05, 4.69) is 20.3 Å². The lowest BCUT2D eigenvalue weighted by molar-refractivity contribution is 0.0951. The number of nitrogens with one attached hydrogen (secondary N) is 1. The van der Waals surface area contributed by atoms with E-state index in [1.54, 1.807) is 11.9 Å². The van der Waals surface area contributed by atoms with Gasteiger partial charge in [0.2, 0.25) is 5.95 Å². The number of piperazine rings is 1. The van der Waals surface area contributed by atoms with Gasteiger partial charge in [-0.05, 0) is 17.7 Å². The van der Waals surface area contributed by atoms with Gasteiger partial charge in [0.15, 0.2) is 11.2 Å². The summed E-state index contributed by atoms with van der Waals surface area (Å²) in [4.78, 5) is 22.6. The predicted octanol–water partition coefficient (Wildman–Crippen LogP) is -0.318. The van der Waals surface area contributed by atoms with E-state index in [-0.39, 0.29) is 16.8 Å². The van der Waals surface area contributed by atoms with E-state index >= 15 is 0 Å². The second-order valence-corrected chi connectivity index (χ2v) is 6.78. The Balaban J connectivity index is 1.54. The van der Waals surface area contributed by atoms with E-state index in [0.717, 1.165) is 12.1 Å². The van der Waals surface area contributed by atoms with Crippen LogP contribution in [-0.2, 0) is 7.05 Å².